The summed E-state index contributed by atoms with van der Waals surface area (Å²) >= 11 is 0. The van der Waals surface area contributed by atoms with E-state index in [4.69, 9.17) is 5.73 Å². The minimum Gasteiger partial charge on any atom is -0.399 e. The zero-order valence-electron chi connectivity index (χ0n) is 14.6. The Balaban J connectivity index is 2.36. The van der Waals surface area contributed by atoms with Crippen molar-refractivity contribution in [2.75, 3.05) is 18.8 Å². The summed E-state index contributed by atoms with van der Waals surface area (Å²) in [5.41, 5.74) is 9.33. The second-order valence-electron chi connectivity index (χ2n) is 5.89. The minimum atomic E-state index is -0.327. The van der Waals surface area contributed by atoms with E-state index in [1.165, 1.54) is 0 Å². The molecule has 4 nitrogen and oxygen atoms in total. The molecule has 0 aromatic heterocycles. The van der Waals surface area contributed by atoms with E-state index < -0.39 is 0 Å². The molecule has 1 atom stereocenters. The number of hydrogen-bond acceptors (Lipinski definition) is 3. The standard InChI is InChI=1S/C21H25N3O/c1-4-13-24(14-5-2)20(18-12-11-16(3)19(22)15-18)23-21(25)17-9-7-6-8-10-17/h4-12,15,20H,1-2,13-14,22H2,3H3,(H,23,25). The molecule has 0 heterocycles. The highest BCUT2D eigenvalue weighted by atomic mass is 16.1. The molecule has 0 saturated carbocycles. The Labute approximate surface area is 149 Å². The minimum absolute atomic E-state index is 0.136. The molecule has 4 heteroatoms. The van der Waals surface area contributed by atoms with Crippen molar-refractivity contribution in [2.24, 2.45) is 0 Å². The number of hydrogen-bond donors (Lipinski definition) is 2. The molecule has 0 aliphatic heterocycles. The lowest BCUT2D eigenvalue weighted by Crippen LogP contribution is -2.41. The summed E-state index contributed by atoms with van der Waals surface area (Å²) in [5, 5.41) is 3.10. The third kappa shape index (κ3) is 4.81. The molecule has 0 aliphatic rings. The first-order valence-corrected chi connectivity index (χ1v) is 8.24. The van der Waals surface area contributed by atoms with E-state index >= 15 is 0 Å². The molecule has 1 amide bonds. The van der Waals surface area contributed by atoms with E-state index in [1.807, 2.05) is 55.5 Å². The fourth-order valence-corrected chi connectivity index (χ4v) is 2.63. The number of aryl methyl sites for hydroxylation is 1. The molecule has 0 radical (unpaired) electrons. The van der Waals surface area contributed by atoms with E-state index in [9.17, 15) is 4.79 Å². The second kappa shape index (κ2) is 8.85. The Morgan fingerprint density at radius 2 is 1.80 bits per heavy atom. The largest absolute Gasteiger partial charge is 0.399 e. The predicted octanol–water partition coefficient (Wildman–Crippen LogP) is 3.68. The number of anilines is 1. The number of nitrogens with two attached hydrogens (primary N) is 1. The number of rotatable bonds is 8. The zero-order valence-corrected chi connectivity index (χ0v) is 14.6. The zero-order chi connectivity index (χ0) is 18.2. The lowest BCUT2D eigenvalue weighted by molar-refractivity contribution is 0.0870. The van der Waals surface area contributed by atoms with E-state index in [2.05, 4.69) is 23.4 Å². The second-order valence-corrected chi connectivity index (χ2v) is 5.89. The molecule has 2 aromatic carbocycles. The van der Waals surface area contributed by atoms with Crippen LogP contribution in [0.5, 0.6) is 0 Å². The Morgan fingerprint density at radius 3 is 2.36 bits per heavy atom. The van der Waals surface area contributed by atoms with Gasteiger partial charge in [-0.25, -0.2) is 0 Å². The van der Waals surface area contributed by atoms with Gasteiger partial charge in [0, 0.05) is 24.3 Å². The van der Waals surface area contributed by atoms with Crippen molar-refractivity contribution in [1.82, 2.24) is 10.2 Å². The molecule has 0 fully saturated rings. The van der Waals surface area contributed by atoms with Crippen LogP contribution in [-0.2, 0) is 0 Å². The number of nitrogens with one attached hydrogen (secondary N) is 1. The third-order valence-electron chi connectivity index (χ3n) is 4.02. The van der Waals surface area contributed by atoms with Crippen LogP contribution in [-0.4, -0.2) is 23.9 Å². The Morgan fingerprint density at radius 1 is 1.16 bits per heavy atom. The molecular weight excluding hydrogens is 310 g/mol. The van der Waals surface area contributed by atoms with Crippen LogP contribution in [0.1, 0.15) is 27.7 Å². The first kappa shape index (κ1) is 18.5. The molecule has 2 rings (SSSR count). The van der Waals surface area contributed by atoms with Crippen molar-refractivity contribution in [1.29, 1.82) is 0 Å². The van der Waals surface area contributed by atoms with Crippen molar-refractivity contribution in [3.63, 3.8) is 0 Å². The van der Waals surface area contributed by atoms with Crippen LogP contribution < -0.4 is 11.1 Å². The fourth-order valence-electron chi connectivity index (χ4n) is 2.63. The average Bonchev–Trinajstić information content (AvgIpc) is 2.62. The maximum absolute atomic E-state index is 12.7. The lowest BCUT2D eigenvalue weighted by atomic mass is 10.1. The smallest absolute Gasteiger partial charge is 0.252 e. The van der Waals surface area contributed by atoms with E-state index in [0.29, 0.717) is 24.3 Å². The summed E-state index contributed by atoms with van der Waals surface area (Å²) in [6.07, 6.45) is 3.29. The summed E-state index contributed by atoms with van der Waals surface area (Å²) in [6, 6.07) is 15.0. The summed E-state index contributed by atoms with van der Waals surface area (Å²) in [4.78, 5) is 14.7. The molecule has 0 spiro atoms. The molecule has 1 unspecified atom stereocenters. The Hall–Kier alpha value is -2.85. The van der Waals surface area contributed by atoms with E-state index in [1.54, 1.807) is 12.1 Å². The van der Waals surface area contributed by atoms with Gasteiger partial charge in [-0.15, -0.1) is 13.2 Å². The van der Waals surface area contributed by atoms with Gasteiger partial charge < -0.3 is 11.1 Å². The third-order valence-corrected chi connectivity index (χ3v) is 4.02. The van der Waals surface area contributed by atoms with Crippen molar-refractivity contribution in [3.8, 4) is 0 Å². The molecule has 0 bridgehead atoms. The van der Waals surface area contributed by atoms with Gasteiger partial charge in [0.2, 0.25) is 0 Å². The summed E-state index contributed by atoms with van der Waals surface area (Å²) in [6.45, 7) is 10.8. The van der Waals surface area contributed by atoms with Crippen LogP contribution in [0.3, 0.4) is 0 Å². The highest BCUT2D eigenvalue weighted by Crippen LogP contribution is 2.23. The quantitative estimate of drug-likeness (QED) is 0.439. The number of nitrogen functional groups attached to an aromatic ring is 1. The first-order valence-electron chi connectivity index (χ1n) is 8.24. The van der Waals surface area contributed by atoms with Gasteiger partial charge in [-0.3, -0.25) is 9.69 Å². The van der Waals surface area contributed by atoms with Crippen molar-refractivity contribution < 1.29 is 4.79 Å². The van der Waals surface area contributed by atoms with Crippen LogP contribution >= 0.6 is 0 Å². The van der Waals surface area contributed by atoms with Gasteiger partial charge in [0.05, 0.1) is 0 Å². The maximum atomic E-state index is 12.7. The van der Waals surface area contributed by atoms with Crippen LogP contribution in [0, 0.1) is 6.92 Å². The van der Waals surface area contributed by atoms with Crippen LogP contribution in [0.15, 0.2) is 73.8 Å². The topological polar surface area (TPSA) is 58.4 Å². The number of benzene rings is 2. The number of carbonyl (C=O) groups excluding carboxylic acids is 1. The highest BCUT2D eigenvalue weighted by molar-refractivity contribution is 5.94. The number of carbonyl (C=O) groups is 1. The van der Waals surface area contributed by atoms with Crippen molar-refractivity contribution in [2.45, 2.75) is 13.1 Å². The monoisotopic (exact) mass is 335 g/mol. The average molecular weight is 335 g/mol. The lowest BCUT2D eigenvalue weighted by Gasteiger charge is -2.31. The normalized spacial score (nSPS) is 11.8. The van der Waals surface area contributed by atoms with Gasteiger partial charge in [0.25, 0.3) is 5.91 Å². The van der Waals surface area contributed by atoms with Gasteiger partial charge in [-0.1, -0.05) is 42.5 Å². The van der Waals surface area contributed by atoms with E-state index in [-0.39, 0.29) is 12.1 Å². The molecule has 0 aliphatic carbocycles. The van der Waals surface area contributed by atoms with Gasteiger partial charge in [0.1, 0.15) is 6.17 Å². The van der Waals surface area contributed by atoms with Gasteiger partial charge in [-0.05, 0) is 36.2 Å². The fraction of sp³-hybridized carbons (Fsp3) is 0.190. The van der Waals surface area contributed by atoms with Crippen LogP contribution in [0.2, 0.25) is 0 Å². The Bertz CT molecular complexity index is 730. The molecule has 0 saturated heterocycles. The van der Waals surface area contributed by atoms with Gasteiger partial charge >= 0.3 is 0 Å². The SMILES string of the molecule is C=CCN(CC=C)C(NC(=O)c1ccccc1)c1ccc(C)c(N)c1. The molecule has 130 valence electrons. The number of nitrogens with zero attached hydrogens (tertiary/aromatic N) is 1. The highest BCUT2D eigenvalue weighted by Gasteiger charge is 2.22. The summed E-state index contributed by atoms with van der Waals surface area (Å²) < 4.78 is 0. The van der Waals surface area contributed by atoms with Crippen LogP contribution in [0.4, 0.5) is 5.69 Å². The summed E-state index contributed by atoms with van der Waals surface area (Å²) in [5.74, 6) is -0.136. The molecule has 3 N–H and O–H groups in total. The van der Waals surface area contributed by atoms with E-state index in [0.717, 1.165) is 11.1 Å². The molecule has 2 aromatic rings. The van der Waals surface area contributed by atoms with Gasteiger partial charge in [-0.2, -0.15) is 0 Å². The van der Waals surface area contributed by atoms with Crippen molar-refractivity contribution >= 4 is 11.6 Å². The predicted molar refractivity (Wildman–Crippen MR) is 104 cm³/mol. The Kier molecular flexibility index (Phi) is 6.54. The molecular formula is C21H25N3O. The van der Waals surface area contributed by atoms with Crippen LogP contribution in [0.25, 0.3) is 0 Å². The number of amides is 1. The first-order chi connectivity index (χ1) is 12.1. The summed E-state index contributed by atoms with van der Waals surface area (Å²) in [7, 11) is 0. The molecule has 25 heavy (non-hydrogen) atoms. The van der Waals surface area contributed by atoms with Gasteiger partial charge in [0.15, 0.2) is 0 Å². The van der Waals surface area contributed by atoms with Crippen molar-refractivity contribution in [3.05, 3.63) is 90.5 Å². The maximum Gasteiger partial charge on any atom is 0.252 e.